The third-order valence-corrected chi connectivity index (χ3v) is 4.71. The largest absolute Gasteiger partial charge is 0.374 e. The normalized spacial score (nSPS) is 13.1. The minimum Gasteiger partial charge on any atom is -0.374 e. The Morgan fingerprint density at radius 2 is 1.85 bits per heavy atom. The summed E-state index contributed by atoms with van der Waals surface area (Å²) in [5.74, 6) is -1.25. The minimum absolute atomic E-state index is 0.439. The van der Waals surface area contributed by atoms with Crippen LogP contribution in [0.25, 0.3) is 0 Å². The van der Waals surface area contributed by atoms with Gasteiger partial charge in [-0.3, -0.25) is 9.59 Å². The molecule has 26 heavy (non-hydrogen) atoms. The van der Waals surface area contributed by atoms with Crippen molar-refractivity contribution in [1.29, 1.82) is 0 Å². The van der Waals surface area contributed by atoms with Gasteiger partial charge in [-0.1, -0.05) is 29.8 Å². The van der Waals surface area contributed by atoms with Crippen LogP contribution < -0.4 is 15.5 Å². The van der Waals surface area contributed by atoms with Crippen LogP contribution in [0.4, 0.5) is 11.4 Å². The average Bonchev–Trinajstić information content (AvgIpc) is 2.63. The first-order valence-electron chi connectivity index (χ1n) is 9.02. The number of benzene rings is 2. The molecular weight excluding hydrogens is 326 g/mol. The van der Waals surface area contributed by atoms with E-state index in [0.717, 1.165) is 18.5 Å². The van der Waals surface area contributed by atoms with Crippen molar-refractivity contribution >= 4 is 23.2 Å². The molecule has 0 aliphatic carbocycles. The number of rotatable bonds is 4. The molecule has 0 radical (unpaired) electrons. The lowest BCUT2D eigenvalue weighted by Gasteiger charge is -2.27. The first-order valence-corrected chi connectivity index (χ1v) is 9.02. The maximum atomic E-state index is 12.0. The van der Waals surface area contributed by atoms with E-state index in [4.69, 9.17) is 0 Å². The van der Waals surface area contributed by atoms with Crippen LogP contribution in [-0.4, -0.2) is 32.0 Å². The van der Waals surface area contributed by atoms with Gasteiger partial charge in [0.2, 0.25) is 0 Å². The molecule has 5 nitrogen and oxygen atoms in total. The molecule has 0 spiro atoms. The number of aryl methyl sites for hydroxylation is 2. The van der Waals surface area contributed by atoms with E-state index in [-0.39, 0.29) is 0 Å². The Morgan fingerprint density at radius 1 is 1.08 bits per heavy atom. The fourth-order valence-electron chi connectivity index (χ4n) is 3.22. The van der Waals surface area contributed by atoms with Crippen LogP contribution in [0.5, 0.6) is 0 Å². The van der Waals surface area contributed by atoms with E-state index in [1.807, 2.05) is 19.1 Å². The SMILES string of the molecule is Cc1ccc(NC(=O)C(=O)NCCc2ccc3c(c2)CCCN3C)cc1. The second-order valence-corrected chi connectivity index (χ2v) is 6.81. The van der Waals surface area contributed by atoms with Gasteiger partial charge in [0.25, 0.3) is 0 Å². The molecule has 136 valence electrons. The van der Waals surface area contributed by atoms with E-state index in [1.165, 1.54) is 23.2 Å². The molecule has 3 rings (SSSR count). The fourth-order valence-corrected chi connectivity index (χ4v) is 3.22. The van der Waals surface area contributed by atoms with Crippen molar-refractivity contribution < 1.29 is 9.59 Å². The highest BCUT2D eigenvalue weighted by Crippen LogP contribution is 2.26. The van der Waals surface area contributed by atoms with Crippen molar-refractivity contribution in [2.24, 2.45) is 0 Å². The quantitative estimate of drug-likeness (QED) is 0.833. The standard InChI is InChI=1S/C21H25N3O2/c1-15-5-8-18(9-6-15)23-21(26)20(25)22-12-11-16-7-10-19-17(14-16)4-3-13-24(19)2/h5-10,14H,3-4,11-13H2,1-2H3,(H,22,25)(H,23,26). The summed E-state index contributed by atoms with van der Waals surface area (Å²) in [6.45, 7) is 3.50. The van der Waals surface area contributed by atoms with Gasteiger partial charge in [0.1, 0.15) is 0 Å². The van der Waals surface area contributed by atoms with Gasteiger partial charge >= 0.3 is 11.8 Å². The fraction of sp³-hybridized carbons (Fsp3) is 0.333. The average molecular weight is 351 g/mol. The predicted molar refractivity (Wildman–Crippen MR) is 105 cm³/mol. The number of nitrogens with zero attached hydrogens (tertiary/aromatic N) is 1. The molecule has 0 saturated heterocycles. The van der Waals surface area contributed by atoms with Crippen molar-refractivity contribution in [3.63, 3.8) is 0 Å². The number of nitrogens with one attached hydrogen (secondary N) is 2. The van der Waals surface area contributed by atoms with E-state index in [9.17, 15) is 9.59 Å². The lowest BCUT2D eigenvalue weighted by molar-refractivity contribution is -0.136. The Labute approximate surface area is 154 Å². The molecule has 1 aliphatic rings. The Hall–Kier alpha value is -2.82. The Bertz CT molecular complexity index is 799. The zero-order valence-electron chi connectivity index (χ0n) is 15.3. The van der Waals surface area contributed by atoms with Crippen molar-refractivity contribution in [2.75, 3.05) is 30.4 Å². The molecule has 0 atom stereocenters. The number of amides is 2. The highest BCUT2D eigenvalue weighted by atomic mass is 16.2. The summed E-state index contributed by atoms with van der Waals surface area (Å²) < 4.78 is 0. The summed E-state index contributed by atoms with van der Waals surface area (Å²) >= 11 is 0. The Kier molecular flexibility index (Phi) is 5.56. The van der Waals surface area contributed by atoms with Crippen molar-refractivity contribution in [3.8, 4) is 0 Å². The third kappa shape index (κ3) is 4.42. The number of carbonyl (C=O) groups excluding carboxylic acids is 2. The van der Waals surface area contributed by atoms with E-state index >= 15 is 0 Å². The van der Waals surface area contributed by atoms with Gasteiger partial charge in [0.15, 0.2) is 0 Å². The third-order valence-electron chi connectivity index (χ3n) is 4.71. The molecule has 0 unspecified atom stereocenters. The van der Waals surface area contributed by atoms with E-state index in [0.29, 0.717) is 18.7 Å². The molecule has 2 amide bonds. The molecule has 0 saturated carbocycles. The van der Waals surface area contributed by atoms with E-state index in [1.54, 1.807) is 12.1 Å². The van der Waals surface area contributed by atoms with Crippen molar-refractivity contribution in [2.45, 2.75) is 26.2 Å². The molecule has 0 aromatic heterocycles. The number of fused-ring (bicyclic) bond motifs is 1. The molecule has 2 aromatic carbocycles. The molecular formula is C21H25N3O2. The molecule has 2 aromatic rings. The zero-order chi connectivity index (χ0) is 18.5. The van der Waals surface area contributed by atoms with Gasteiger partial charge in [-0.15, -0.1) is 0 Å². The van der Waals surface area contributed by atoms with Gasteiger partial charge in [-0.05, 0) is 55.5 Å². The summed E-state index contributed by atoms with van der Waals surface area (Å²) in [7, 11) is 2.12. The van der Waals surface area contributed by atoms with Gasteiger partial charge in [0, 0.05) is 31.5 Å². The summed E-state index contributed by atoms with van der Waals surface area (Å²) in [6.07, 6.45) is 2.97. The van der Waals surface area contributed by atoms with Gasteiger partial charge in [0.05, 0.1) is 0 Å². The highest BCUT2D eigenvalue weighted by molar-refractivity contribution is 6.39. The van der Waals surface area contributed by atoms with Crippen LogP contribution in [0.3, 0.4) is 0 Å². The smallest absolute Gasteiger partial charge is 0.313 e. The predicted octanol–water partition coefficient (Wildman–Crippen LogP) is 2.67. The van der Waals surface area contributed by atoms with Gasteiger partial charge in [-0.2, -0.15) is 0 Å². The summed E-state index contributed by atoms with van der Waals surface area (Å²) in [5.41, 5.74) is 5.55. The molecule has 0 fully saturated rings. The monoisotopic (exact) mass is 351 g/mol. The van der Waals surface area contributed by atoms with E-state index < -0.39 is 11.8 Å². The molecule has 2 N–H and O–H groups in total. The van der Waals surface area contributed by atoms with Gasteiger partial charge in [-0.25, -0.2) is 0 Å². The van der Waals surface area contributed by atoms with Crippen molar-refractivity contribution in [1.82, 2.24) is 5.32 Å². The lowest BCUT2D eigenvalue weighted by atomic mass is 9.98. The minimum atomic E-state index is -0.638. The highest BCUT2D eigenvalue weighted by Gasteiger charge is 2.15. The zero-order valence-corrected chi connectivity index (χ0v) is 15.3. The maximum Gasteiger partial charge on any atom is 0.313 e. The van der Waals surface area contributed by atoms with Crippen LogP contribution in [0.15, 0.2) is 42.5 Å². The summed E-state index contributed by atoms with van der Waals surface area (Å²) in [5, 5.41) is 5.30. The van der Waals surface area contributed by atoms with Crippen LogP contribution in [-0.2, 0) is 22.4 Å². The second kappa shape index (κ2) is 8.04. The van der Waals surface area contributed by atoms with Crippen LogP contribution >= 0.6 is 0 Å². The Morgan fingerprint density at radius 3 is 2.62 bits per heavy atom. The van der Waals surface area contributed by atoms with Crippen LogP contribution in [0.1, 0.15) is 23.1 Å². The topological polar surface area (TPSA) is 61.4 Å². The molecule has 0 bridgehead atoms. The summed E-state index contributed by atoms with van der Waals surface area (Å²) in [4.78, 5) is 26.2. The van der Waals surface area contributed by atoms with Gasteiger partial charge < -0.3 is 15.5 Å². The number of hydrogen-bond donors (Lipinski definition) is 2. The van der Waals surface area contributed by atoms with E-state index in [2.05, 4.69) is 40.8 Å². The molecule has 5 heteroatoms. The molecule has 1 aliphatic heterocycles. The van der Waals surface area contributed by atoms with Crippen molar-refractivity contribution in [3.05, 3.63) is 59.2 Å². The first kappa shape index (κ1) is 18.0. The number of hydrogen-bond acceptors (Lipinski definition) is 3. The van der Waals surface area contributed by atoms with Crippen LogP contribution in [0.2, 0.25) is 0 Å². The Balaban J connectivity index is 1.49. The van der Waals surface area contributed by atoms with Crippen LogP contribution in [0, 0.1) is 6.92 Å². The summed E-state index contributed by atoms with van der Waals surface area (Å²) in [6, 6.07) is 13.8. The first-order chi connectivity index (χ1) is 12.5. The lowest BCUT2D eigenvalue weighted by Crippen LogP contribution is -2.36. The number of carbonyl (C=O) groups is 2. The second-order valence-electron chi connectivity index (χ2n) is 6.81. The molecule has 1 heterocycles. The number of anilines is 2. The maximum absolute atomic E-state index is 12.0.